The molecule has 0 spiro atoms. The summed E-state index contributed by atoms with van der Waals surface area (Å²) in [5.74, 6) is -0.425. The van der Waals surface area contributed by atoms with Crippen LogP contribution in [0.15, 0.2) is 29.6 Å². The highest BCUT2D eigenvalue weighted by atomic mass is 32.1. The Kier molecular flexibility index (Phi) is 4.46. The van der Waals surface area contributed by atoms with E-state index in [0.717, 1.165) is 12.1 Å². The number of ether oxygens (including phenoxy) is 1. The zero-order valence-corrected chi connectivity index (χ0v) is 11.7. The Morgan fingerprint density at radius 2 is 2.19 bits per heavy atom. The number of carbonyl (C=O) groups is 1. The van der Waals surface area contributed by atoms with Crippen LogP contribution in [-0.4, -0.2) is 18.1 Å². The third-order valence-electron chi connectivity index (χ3n) is 2.55. The van der Waals surface area contributed by atoms with Crippen molar-refractivity contribution in [3.63, 3.8) is 0 Å². The van der Waals surface area contributed by atoms with Crippen LogP contribution >= 0.6 is 11.3 Å². The number of carbonyl (C=O) groups excluding carboxylic acids is 1. The summed E-state index contributed by atoms with van der Waals surface area (Å²) in [7, 11) is 1.27. The fourth-order valence-corrected chi connectivity index (χ4v) is 2.29. The Labute approximate surface area is 122 Å². The summed E-state index contributed by atoms with van der Waals surface area (Å²) in [5.41, 5.74) is 0.0453. The molecule has 2 rings (SSSR count). The van der Waals surface area contributed by atoms with Crippen LogP contribution < -0.4 is 5.32 Å². The van der Waals surface area contributed by atoms with Crippen molar-refractivity contribution < 1.29 is 22.7 Å². The van der Waals surface area contributed by atoms with Crippen molar-refractivity contribution >= 4 is 28.1 Å². The van der Waals surface area contributed by atoms with Gasteiger partial charge in [-0.25, -0.2) is 4.98 Å². The molecule has 21 heavy (non-hydrogen) atoms. The number of rotatable bonds is 4. The molecule has 0 saturated carbocycles. The first-order valence-electron chi connectivity index (χ1n) is 5.84. The summed E-state index contributed by atoms with van der Waals surface area (Å²) in [4.78, 5) is 15.2. The Morgan fingerprint density at radius 3 is 2.86 bits per heavy atom. The van der Waals surface area contributed by atoms with Gasteiger partial charge in [-0.1, -0.05) is 6.07 Å². The fourth-order valence-electron chi connectivity index (χ4n) is 1.56. The minimum Gasteiger partial charge on any atom is -0.469 e. The highest BCUT2D eigenvalue weighted by molar-refractivity contribution is 7.13. The Morgan fingerprint density at radius 1 is 1.43 bits per heavy atom. The van der Waals surface area contributed by atoms with Crippen molar-refractivity contribution in [2.75, 3.05) is 12.4 Å². The molecule has 0 unspecified atom stereocenters. The van der Waals surface area contributed by atoms with Gasteiger partial charge in [-0.05, 0) is 18.2 Å². The van der Waals surface area contributed by atoms with Gasteiger partial charge in [-0.3, -0.25) is 4.79 Å². The average Bonchev–Trinajstić information content (AvgIpc) is 2.85. The molecule has 0 aliphatic heterocycles. The van der Waals surface area contributed by atoms with E-state index in [4.69, 9.17) is 0 Å². The van der Waals surface area contributed by atoms with Crippen LogP contribution in [-0.2, 0) is 22.1 Å². The number of thiazole rings is 1. The largest absolute Gasteiger partial charge is 0.469 e. The summed E-state index contributed by atoms with van der Waals surface area (Å²) < 4.78 is 42.3. The van der Waals surface area contributed by atoms with E-state index in [9.17, 15) is 18.0 Å². The van der Waals surface area contributed by atoms with E-state index in [2.05, 4.69) is 15.0 Å². The lowest BCUT2D eigenvalue weighted by atomic mass is 10.2. The van der Waals surface area contributed by atoms with Crippen molar-refractivity contribution in [3.8, 4) is 0 Å². The maximum absolute atomic E-state index is 12.6. The molecule has 0 bridgehead atoms. The van der Waals surface area contributed by atoms with Crippen LogP contribution in [0.5, 0.6) is 0 Å². The van der Waals surface area contributed by atoms with E-state index < -0.39 is 17.7 Å². The van der Waals surface area contributed by atoms with Crippen LogP contribution in [0.4, 0.5) is 24.0 Å². The van der Waals surface area contributed by atoms with Crippen molar-refractivity contribution in [1.29, 1.82) is 0 Å². The first-order valence-corrected chi connectivity index (χ1v) is 6.72. The molecule has 0 fully saturated rings. The molecule has 0 radical (unpaired) electrons. The second-order valence-electron chi connectivity index (χ2n) is 4.10. The Hall–Kier alpha value is -2.09. The molecule has 2 aromatic rings. The zero-order valence-electron chi connectivity index (χ0n) is 10.9. The SMILES string of the molecule is COC(=O)Cc1csc(Nc2cccc(C(F)(F)F)c2)n1. The van der Waals surface area contributed by atoms with Gasteiger partial charge in [0, 0.05) is 11.1 Å². The molecule has 1 aromatic carbocycles. The number of halogens is 3. The third-order valence-corrected chi connectivity index (χ3v) is 3.35. The van der Waals surface area contributed by atoms with E-state index in [1.807, 2.05) is 0 Å². The summed E-state index contributed by atoms with van der Waals surface area (Å²) in [6.45, 7) is 0. The lowest BCUT2D eigenvalue weighted by Crippen LogP contribution is -2.05. The monoisotopic (exact) mass is 316 g/mol. The summed E-state index contributed by atoms with van der Waals surface area (Å²) >= 11 is 1.20. The second kappa shape index (κ2) is 6.13. The van der Waals surface area contributed by atoms with Gasteiger partial charge in [-0.15, -0.1) is 11.3 Å². The first kappa shape index (κ1) is 15.3. The number of anilines is 2. The number of esters is 1. The molecule has 4 nitrogen and oxygen atoms in total. The van der Waals surface area contributed by atoms with Gasteiger partial charge >= 0.3 is 12.1 Å². The number of hydrogen-bond donors (Lipinski definition) is 1. The molecule has 112 valence electrons. The molecule has 0 aliphatic rings. The Bertz CT molecular complexity index is 640. The van der Waals surface area contributed by atoms with E-state index >= 15 is 0 Å². The molecule has 1 N–H and O–H groups in total. The van der Waals surface area contributed by atoms with Gasteiger partial charge in [0.15, 0.2) is 5.13 Å². The maximum atomic E-state index is 12.6. The summed E-state index contributed by atoms with van der Waals surface area (Å²) in [5, 5.41) is 4.84. The predicted octanol–water partition coefficient (Wildman–Crippen LogP) is 3.62. The van der Waals surface area contributed by atoms with Crippen molar-refractivity contribution in [1.82, 2.24) is 4.98 Å². The normalized spacial score (nSPS) is 11.2. The van der Waals surface area contributed by atoms with Gasteiger partial charge < -0.3 is 10.1 Å². The number of aromatic nitrogens is 1. The number of alkyl halides is 3. The third kappa shape index (κ3) is 4.19. The fraction of sp³-hybridized carbons (Fsp3) is 0.231. The van der Waals surface area contributed by atoms with Crippen molar-refractivity contribution in [3.05, 3.63) is 40.9 Å². The van der Waals surface area contributed by atoms with Gasteiger partial charge in [0.25, 0.3) is 0 Å². The number of methoxy groups -OCH3 is 1. The quantitative estimate of drug-likeness (QED) is 0.875. The second-order valence-corrected chi connectivity index (χ2v) is 4.96. The number of nitrogens with one attached hydrogen (secondary N) is 1. The van der Waals surface area contributed by atoms with E-state index in [0.29, 0.717) is 10.8 Å². The van der Waals surface area contributed by atoms with Crippen LogP contribution in [0, 0.1) is 0 Å². The topological polar surface area (TPSA) is 51.2 Å². The standard InChI is InChI=1S/C13H11F3N2O2S/c1-20-11(19)6-10-7-21-12(18-10)17-9-4-2-3-8(5-9)13(14,15)16/h2-5,7H,6H2,1H3,(H,17,18). The van der Waals surface area contributed by atoms with Crippen molar-refractivity contribution in [2.45, 2.75) is 12.6 Å². The molecule has 1 aromatic heterocycles. The van der Waals surface area contributed by atoms with Crippen LogP contribution in [0.25, 0.3) is 0 Å². The van der Waals surface area contributed by atoms with Gasteiger partial charge in [0.2, 0.25) is 0 Å². The molecular weight excluding hydrogens is 305 g/mol. The van der Waals surface area contributed by atoms with Gasteiger partial charge in [-0.2, -0.15) is 13.2 Å². The smallest absolute Gasteiger partial charge is 0.416 e. The van der Waals surface area contributed by atoms with Crippen LogP contribution in [0.2, 0.25) is 0 Å². The molecular formula is C13H11F3N2O2S. The van der Waals surface area contributed by atoms with Crippen molar-refractivity contribution in [2.24, 2.45) is 0 Å². The van der Waals surface area contributed by atoms with Gasteiger partial charge in [0.1, 0.15) is 0 Å². The Balaban J connectivity index is 2.10. The highest BCUT2D eigenvalue weighted by Crippen LogP contribution is 2.31. The van der Waals surface area contributed by atoms with E-state index in [1.54, 1.807) is 5.38 Å². The maximum Gasteiger partial charge on any atom is 0.416 e. The lowest BCUT2D eigenvalue weighted by molar-refractivity contribution is -0.140. The number of hydrogen-bond acceptors (Lipinski definition) is 5. The van der Waals surface area contributed by atoms with E-state index in [1.165, 1.54) is 30.6 Å². The number of benzene rings is 1. The number of nitrogens with zero attached hydrogens (tertiary/aromatic N) is 1. The predicted molar refractivity (Wildman–Crippen MR) is 72.6 cm³/mol. The summed E-state index contributed by atoms with van der Waals surface area (Å²) in [6.07, 6.45) is -4.37. The molecule has 1 heterocycles. The minimum atomic E-state index is -4.39. The minimum absolute atomic E-state index is 0.0251. The highest BCUT2D eigenvalue weighted by Gasteiger charge is 2.30. The molecule has 0 saturated heterocycles. The van der Waals surface area contributed by atoms with E-state index in [-0.39, 0.29) is 12.1 Å². The molecule has 0 atom stereocenters. The summed E-state index contributed by atoms with van der Waals surface area (Å²) in [6, 6.07) is 4.82. The van der Waals surface area contributed by atoms with Crippen LogP contribution in [0.3, 0.4) is 0 Å². The molecule has 0 aliphatic carbocycles. The first-order chi connectivity index (χ1) is 9.88. The lowest BCUT2D eigenvalue weighted by Gasteiger charge is -2.08. The zero-order chi connectivity index (χ0) is 15.5. The van der Waals surface area contributed by atoms with Crippen LogP contribution in [0.1, 0.15) is 11.3 Å². The molecule has 8 heteroatoms. The van der Waals surface area contributed by atoms with Gasteiger partial charge in [0.05, 0.1) is 24.8 Å². The average molecular weight is 316 g/mol. The molecule has 0 amide bonds.